The molecule has 0 spiro atoms. The van der Waals surface area contributed by atoms with Crippen molar-refractivity contribution in [2.75, 3.05) is 11.1 Å². The Morgan fingerprint density at radius 2 is 2.12 bits per heavy atom. The summed E-state index contributed by atoms with van der Waals surface area (Å²) in [6.07, 6.45) is 8.22. The first-order chi connectivity index (χ1) is 11.8. The summed E-state index contributed by atoms with van der Waals surface area (Å²) in [5.41, 5.74) is 10.6. The van der Waals surface area contributed by atoms with E-state index in [4.69, 9.17) is 5.73 Å². The Hall–Kier alpha value is -3.23. The van der Waals surface area contributed by atoms with E-state index in [-0.39, 0.29) is 12.0 Å². The molecule has 0 fully saturated rings. The van der Waals surface area contributed by atoms with Crippen molar-refractivity contribution in [3.8, 4) is 0 Å². The lowest BCUT2D eigenvalue weighted by Gasteiger charge is -2.26. The van der Waals surface area contributed by atoms with Gasteiger partial charge in [0.2, 0.25) is 5.95 Å². The highest BCUT2D eigenvalue weighted by Crippen LogP contribution is 2.29. The molecule has 0 saturated heterocycles. The van der Waals surface area contributed by atoms with E-state index in [1.807, 2.05) is 12.4 Å². The van der Waals surface area contributed by atoms with Crippen LogP contribution < -0.4 is 11.1 Å². The molecule has 4 heterocycles. The fourth-order valence-corrected chi connectivity index (χ4v) is 3.42. The average molecular weight is 321 g/mol. The molecule has 1 unspecified atom stereocenters. The van der Waals surface area contributed by atoms with Crippen molar-refractivity contribution < 1.29 is 0 Å². The van der Waals surface area contributed by atoms with Crippen LogP contribution in [-0.4, -0.2) is 41.2 Å². The molecule has 24 heavy (non-hydrogen) atoms. The lowest BCUT2D eigenvalue weighted by molar-refractivity contribution is 0.610. The highest BCUT2D eigenvalue weighted by molar-refractivity contribution is 5.84. The van der Waals surface area contributed by atoms with Crippen LogP contribution >= 0.6 is 0 Å². The number of nitrogens with two attached hydrogens (primary N) is 1. The molecule has 0 bridgehead atoms. The smallest absolute Gasteiger partial charge is 0.224 e. The monoisotopic (exact) mass is 321 g/mol. The van der Waals surface area contributed by atoms with Gasteiger partial charge in [-0.05, 0) is 30.4 Å². The minimum atomic E-state index is 0.229. The van der Waals surface area contributed by atoms with Crippen LogP contribution in [0.15, 0.2) is 18.7 Å². The summed E-state index contributed by atoms with van der Waals surface area (Å²) in [6, 6.07) is 0.248. The molecule has 0 aromatic carbocycles. The second kappa shape index (κ2) is 4.88. The highest BCUT2D eigenvalue weighted by Gasteiger charge is 2.23. The van der Waals surface area contributed by atoms with E-state index in [0.717, 1.165) is 30.3 Å². The molecule has 120 valence electrons. The molecule has 4 aromatic rings. The molecule has 1 atom stereocenters. The summed E-state index contributed by atoms with van der Waals surface area (Å²) >= 11 is 0. The van der Waals surface area contributed by atoms with Crippen LogP contribution in [-0.2, 0) is 12.8 Å². The van der Waals surface area contributed by atoms with Crippen molar-refractivity contribution in [2.45, 2.75) is 25.3 Å². The van der Waals surface area contributed by atoms with Crippen molar-refractivity contribution in [3.63, 3.8) is 0 Å². The minimum Gasteiger partial charge on any atom is -0.368 e. The molecule has 1 aliphatic rings. The van der Waals surface area contributed by atoms with Crippen LogP contribution in [0.4, 0.5) is 11.8 Å². The first-order valence-electron chi connectivity index (χ1n) is 7.81. The van der Waals surface area contributed by atoms with Gasteiger partial charge >= 0.3 is 0 Å². The molecule has 0 aliphatic heterocycles. The Morgan fingerprint density at radius 1 is 1.17 bits per heavy atom. The number of hydrogen-bond acceptors (Lipinski definition) is 7. The number of hydrogen-bond donors (Lipinski definition) is 4. The zero-order chi connectivity index (χ0) is 16.1. The summed E-state index contributed by atoms with van der Waals surface area (Å²) in [5, 5.41) is 11.6. The van der Waals surface area contributed by atoms with Crippen LogP contribution in [0, 0.1) is 0 Å². The maximum absolute atomic E-state index is 5.79. The van der Waals surface area contributed by atoms with Crippen molar-refractivity contribution in [3.05, 3.63) is 29.8 Å². The second-order valence-electron chi connectivity index (χ2n) is 6.01. The third-order valence-electron chi connectivity index (χ3n) is 4.53. The fourth-order valence-electron chi connectivity index (χ4n) is 3.42. The zero-order valence-corrected chi connectivity index (χ0v) is 12.7. The first-order valence-corrected chi connectivity index (χ1v) is 7.81. The van der Waals surface area contributed by atoms with Gasteiger partial charge < -0.3 is 16.0 Å². The van der Waals surface area contributed by atoms with Gasteiger partial charge in [0.05, 0.1) is 12.5 Å². The highest BCUT2D eigenvalue weighted by atomic mass is 15.1. The molecule has 9 heteroatoms. The van der Waals surface area contributed by atoms with Gasteiger partial charge in [-0.2, -0.15) is 15.1 Å². The normalized spacial score (nSPS) is 17.2. The van der Waals surface area contributed by atoms with Crippen molar-refractivity contribution in [1.82, 2.24) is 35.1 Å². The van der Waals surface area contributed by atoms with Crippen LogP contribution in [0.5, 0.6) is 0 Å². The van der Waals surface area contributed by atoms with Crippen LogP contribution in [0.25, 0.3) is 22.2 Å². The van der Waals surface area contributed by atoms with E-state index < -0.39 is 0 Å². The lowest BCUT2D eigenvalue weighted by Crippen LogP contribution is -2.28. The van der Waals surface area contributed by atoms with Gasteiger partial charge in [0.25, 0.3) is 0 Å². The van der Waals surface area contributed by atoms with Gasteiger partial charge in [0, 0.05) is 17.6 Å². The van der Waals surface area contributed by atoms with E-state index in [2.05, 4.69) is 40.4 Å². The Kier molecular flexibility index (Phi) is 2.69. The number of nitrogens with one attached hydrogen (secondary N) is 3. The standard InChI is InChI=1S/C15H15N9/c16-15-22-13-11(18-6-19-13)14(23-15)21-8-1-2-9-7(3-8)4-17-12-10(9)5-20-24-12/h4-6,8H,1-3H2,(H,17,20,24)(H4,16,18,19,21,22,23). The molecule has 1 aliphatic carbocycles. The van der Waals surface area contributed by atoms with Gasteiger partial charge in [0.1, 0.15) is 5.52 Å². The Morgan fingerprint density at radius 3 is 3.08 bits per heavy atom. The SMILES string of the molecule is Nc1nc(NC2CCc3c(cnc4[nH]ncc34)C2)c2nc[nH]c2n1. The number of pyridine rings is 1. The second-order valence-corrected chi connectivity index (χ2v) is 6.01. The van der Waals surface area contributed by atoms with Crippen LogP contribution in [0.2, 0.25) is 0 Å². The molecular weight excluding hydrogens is 306 g/mol. The summed E-state index contributed by atoms with van der Waals surface area (Å²) in [6.45, 7) is 0. The number of nitrogens with zero attached hydrogens (tertiary/aromatic N) is 5. The fraction of sp³-hybridized carbons (Fsp3) is 0.267. The van der Waals surface area contributed by atoms with E-state index in [1.54, 1.807) is 6.33 Å². The summed E-state index contributed by atoms with van der Waals surface area (Å²) in [7, 11) is 0. The maximum atomic E-state index is 5.79. The molecule has 0 saturated carbocycles. The molecule has 0 amide bonds. The number of aromatic nitrogens is 7. The Balaban J connectivity index is 1.47. The third-order valence-corrected chi connectivity index (χ3v) is 4.53. The summed E-state index contributed by atoms with van der Waals surface area (Å²) in [5.74, 6) is 0.900. The number of nitrogen functional groups attached to an aromatic ring is 1. The quantitative estimate of drug-likeness (QED) is 0.435. The van der Waals surface area contributed by atoms with E-state index in [1.165, 1.54) is 11.1 Å². The molecule has 4 aromatic heterocycles. The van der Waals surface area contributed by atoms with E-state index in [9.17, 15) is 0 Å². The zero-order valence-electron chi connectivity index (χ0n) is 12.7. The maximum Gasteiger partial charge on any atom is 0.224 e. The molecule has 5 N–H and O–H groups in total. The van der Waals surface area contributed by atoms with Gasteiger partial charge in [-0.1, -0.05) is 0 Å². The topological polar surface area (TPSA) is 134 Å². The van der Waals surface area contributed by atoms with Crippen LogP contribution in [0.1, 0.15) is 17.5 Å². The van der Waals surface area contributed by atoms with Crippen molar-refractivity contribution in [2.24, 2.45) is 0 Å². The van der Waals surface area contributed by atoms with Crippen molar-refractivity contribution >= 4 is 34.0 Å². The minimum absolute atomic E-state index is 0.229. The van der Waals surface area contributed by atoms with Gasteiger partial charge in [0.15, 0.2) is 17.1 Å². The first kappa shape index (κ1) is 13.2. The van der Waals surface area contributed by atoms with Gasteiger partial charge in [-0.25, -0.2) is 9.97 Å². The molecule has 5 rings (SSSR count). The van der Waals surface area contributed by atoms with Gasteiger partial charge in [-0.15, -0.1) is 0 Å². The third kappa shape index (κ3) is 1.98. The summed E-state index contributed by atoms with van der Waals surface area (Å²) < 4.78 is 0. The predicted molar refractivity (Wildman–Crippen MR) is 89.4 cm³/mol. The predicted octanol–water partition coefficient (Wildman–Crippen LogP) is 1.18. The number of aryl methyl sites for hydroxylation is 1. The number of aromatic amines is 2. The number of fused-ring (bicyclic) bond motifs is 4. The number of anilines is 2. The number of rotatable bonds is 2. The lowest BCUT2D eigenvalue weighted by atomic mass is 9.88. The largest absolute Gasteiger partial charge is 0.368 e. The average Bonchev–Trinajstić information content (AvgIpc) is 3.23. The Labute approximate surface area is 136 Å². The molecule has 0 radical (unpaired) electrons. The van der Waals surface area contributed by atoms with E-state index >= 15 is 0 Å². The van der Waals surface area contributed by atoms with Gasteiger partial charge in [-0.3, -0.25) is 5.10 Å². The van der Waals surface area contributed by atoms with Crippen LogP contribution in [0.3, 0.4) is 0 Å². The summed E-state index contributed by atoms with van der Waals surface area (Å²) in [4.78, 5) is 20.1. The number of imidazole rings is 1. The number of H-pyrrole nitrogens is 2. The van der Waals surface area contributed by atoms with Crippen molar-refractivity contribution in [1.29, 1.82) is 0 Å². The molecule has 9 nitrogen and oxygen atoms in total. The Bertz CT molecular complexity index is 1050. The molecular formula is C15H15N9. The van der Waals surface area contributed by atoms with E-state index in [0.29, 0.717) is 17.0 Å².